The summed E-state index contributed by atoms with van der Waals surface area (Å²) < 4.78 is 0. The van der Waals surface area contributed by atoms with E-state index in [0.717, 1.165) is 63.2 Å². The molecule has 120 valence electrons. The lowest BCUT2D eigenvalue weighted by Gasteiger charge is -2.34. The normalized spacial score (nSPS) is 18.2. The van der Waals surface area contributed by atoms with Crippen LogP contribution < -0.4 is 0 Å². The summed E-state index contributed by atoms with van der Waals surface area (Å²) in [4.78, 5) is 17.1. The van der Waals surface area contributed by atoms with Crippen molar-refractivity contribution in [1.29, 1.82) is 0 Å². The Morgan fingerprint density at radius 1 is 1.09 bits per heavy atom. The van der Waals surface area contributed by atoms with Gasteiger partial charge in [0.05, 0.1) is 0 Å². The van der Waals surface area contributed by atoms with Crippen molar-refractivity contribution >= 4 is 5.91 Å². The molecule has 0 bridgehead atoms. The van der Waals surface area contributed by atoms with Crippen molar-refractivity contribution in [3.05, 3.63) is 52.8 Å². The molecule has 2 aromatic rings. The van der Waals surface area contributed by atoms with Gasteiger partial charge in [0.15, 0.2) is 5.69 Å². The Morgan fingerprint density at radius 2 is 1.87 bits per heavy atom. The first-order valence-corrected chi connectivity index (χ1v) is 8.43. The number of nitrogens with zero attached hydrogens (tertiary/aromatic N) is 3. The molecule has 1 aliphatic heterocycles. The van der Waals surface area contributed by atoms with Crippen molar-refractivity contribution in [2.24, 2.45) is 0 Å². The first-order valence-electron chi connectivity index (χ1n) is 8.43. The van der Waals surface area contributed by atoms with Gasteiger partial charge >= 0.3 is 0 Å². The first-order chi connectivity index (χ1) is 11.3. The van der Waals surface area contributed by atoms with Crippen molar-refractivity contribution in [3.63, 3.8) is 0 Å². The minimum Gasteiger partial charge on any atom is -0.335 e. The molecule has 5 nitrogen and oxygen atoms in total. The van der Waals surface area contributed by atoms with Crippen LogP contribution in [0.2, 0.25) is 0 Å². The molecule has 0 radical (unpaired) electrons. The molecule has 0 spiro atoms. The van der Waals surface area contributed by atoms with Crippen LogP contribution in [0.4, 0.5) is 0 Å². The molecule has 1 amide bonds. The van der Waals surface area contributed by atoms with Gasteiger partial charge in [-0.15, -0.1) is 0 Å². The van der Waals surface area contributed by atoms with Gasteiger partial charge in [-0.2, -0.15) is 5.10 Å². The first kappa shape index (κ1) is 14.5. The van der Waals surface area contributed by atoms with E-state index in [0.29, 0.717) is 5.69 Å². The number of benzene rings is 1. The molecule has 0 atom stereocenters. The summed E-state index contributed by atoms with van der Waals surface area (Å²) >= 11 is 0. The van der Waals surface area contributed by atoms with Crippen LogP contribution in [0.15, 0.2) is 30.3 Å². The highest BCUT2D eigenvalue weighted by Crippen LogP contribution is 2.24. The van der Waals surface area contributed by atoms with Crippen LogP contribution in [-0.4, -0.2) is 52.1 Å². The van der Waals surface area contributed by atoms with Gasteiger partial charge in [0.1, 0.15) is 0 Å². The van der Waals surface area contributed by atoms with Gasteiger partial charge in [0, 0.05) is 44.0 Å². The summed E-state index contributed by atoms with van der Waals surface area (Å²) in [5, 5.41) is 7.31. The van der Waals surface area contributed by atoms with Crippen LogP contribution in [0.1, 0.15) is 33.7 Å². The largest absolute Gasteiger partial charge is 0.335 e. The summed E-state index contributed by atoms with van der Waals surface area (Å²) in [6.45, 7) is 4.38. The lowest BCUT2D eigenvalue weighted by molar-refractivity contribution is 0.0621. The van der Waals surface area contributed by atoms with Gasteiger partial charge in [0.25, 0.3) is 5.91 Å². The van der Waals surface area contributed by atoms with E-state index in [-0.39, 0.29) is 5.91 Å². The molecule has 4 rings (SSSR count). The average molecular weight is 310 g/mol. The number of aromatic nitrogens is 2. The number of aromatic amines is 1. The smallest absolute Gasteiger partial charge is 0.274 e. The SMILES string of the molecule is O=C(c1n[nH]c2c1CCC2)N1CCN(Cc2ccccc2)CC1. The van der Waals surface area contributed by atoms with Crippen molar-refractivity contribution < 1.29 is 4.79 Å². The Hall–Kier alpha value is -2.14. The van der Waals surface area contributed by atoms with E-state index < -0.39 is 0 Å². The maximum absolute atomic E-state index is 12.7. The van der Waals surface area contributed by atoms with Crippen LogP contribution in [0.25, 0.3) is 0 Å². The minimum absolute atomic E-state index is 0.101. The van der Waals surface area contributed by atoms with Gasteiger partial charge in [-0.3, -0.25) is 14.8 Å². The Kier molecular flexibility index (Phi) is 3.87. The van der Waals surface area contributed by atoms with Crippen LogP contribution in [0.5, 0.6) is 0 Å². The lowest BCUT2D eigenvalue weighted by atomic mass is 10.1. The summed E-state index contributed by atoms with van der Waals surface area (Å²) in [7, 11) is 0. The van der Waals surface area contributed by atoms with Gasteiger partial charge in [-0.25, -0.2) is 0 Å². The monoisotopic (exact) mass is 310 g/mol. The molecule has 0 unspecified atom stereocenters. The number of carbonyl (C=O) groups is 1. The average Bonchev–Trinajstić information content (AvgIpc) is 3.19. The standard InChI is InChI=1S/C18H22N4O/c23-18(17-15-7-4-8-16(15)19-20-17)22-11-9-21(10-12-22)13-14-5-2-1-3-6-14/h1-3,5-6H,4,7-13H2,(H,19,20). The van der Waals surface area contributed by atoms with E-state index in [1.165, 1.54) is 5.56 Å². The van der Waals surface area contributed by atoms with Crippen LogP contribution in [0, 0.1) is 0 Å². The molecule has 0 saturated carbocycles. The molecule has 1 aromatic carbocycles. The zero-order valence-corrected chi connectivity index (χ0v) is 13.3. The van der Waals surface area contributed by atoms with Crippen molar-refractivity contribution in [3.8, 4) is 0 Å². The summed E-state index contributed by atoms with van der Waals surface area (Å²) in [6, 6.07) is 10.5. The second-order valence-electron chi connectivity index (χ2n) is 6.44. The van der Waals surface area contributed by atoms with Crippen molar-refractivity contribution in [2.45, 2.75) is 25.8 Å². The van der Waals surface area contributed by atoms with E-state index in [4.69, 9.17) is 0 Å². The number of piperazine rings is 1. The number of hydrogen-bond acceptors (Lipinski definition) is 3. The second kappa shape index (κ2) is 6.16. The fourth-order valence-corrected chi connectivity index (χ4v) is 3.60. The van der Waals surface area contributed by atoms with Gasteiger partial charge in [0.2, 0.25) is 0 Å². The maximum atomic E-state index is 12.7. The molecule has 1 aliphatic carbocycles. The summed E-state index contributed by atoms with van der Waals surface area (Å²) in [6.07, 6.45) is 3.15. The third-order valence-electron chi connectivity index (χ3n) is 4.92. The molecular formula is C18H22N4O. The highest BCUT2D eigenvalue weighted by molar-refractivity contribution is 5.94. The number of nitrogens with one attached hydrogen (secondary N) is 1. The van der Waals surface area contributed by atoms with E-state index in [2.05, 4.69) is 39.4 Å². The van der Waals surface area contributed by atoms with Gasteiger partial charge < -0.3 is 4.90 Å². The number of H-pyrrole nitrogens is 1. The molecular weight excluding hydrogens is 288 g/mol. The molecule has 1 saturated heterocycles. The molecule has 23 heavy (non-hydrogen) atoms. The zero-order valence-electron chi connectivity index (χ0n) is 13.3. The molecule has 1 N–H and O–H groups in total. The van der Waals surface area contributed by atoms with E-state index >= 15 is 0 Å². The van der Waals surface area contributed by atoms with E-state index in [9.17, 15) is 4.79 Å². The second-order valence-corrected chi connectivity index (χ2v) is 6.44. The fraction of sp³-hybridized carbons (Fsp3) is 0.444. The zero-order chi connectivity index (χ0) is 15.6. The summed E-state index contributed by atoms with van der Waals surface area (Å²) in [5.74, 6) is 0.101. The predicted octanol–water partition coefficient (Wildman–Crippen LogP) is 1.86. The number of aryl methyl sites for hydroxylation is 1. The lowest BCUT2D eigenvalue weighted by Crippen LogP contribution is -2.48. The van der Waals surface area contributed by atoms with Crippen molar-refractivity contribution in [2.75, 3.05) is 26.2 Å². The van der Waals surface area contributed by atoms with Gasteiger partial charge in [-0.05, 0) is 24.8 Å². The Labute approximate surface area is 136 Å². The number of amides is 1. The highest BCUT2D eigenvalue weighted by atomic mass is 16.2. The number of fused-ring (bicyclic) bond motifs is 1. The number of hydrogen-bond donors (Lipinski definition) is 1. The maximum Gasteiger partial charge on any atom is 0.274 e. The Bertz CT molecular complexity index is 686. The van der Waals surface area contributed by atoms with E-state index in [1.807, 2.05) is 11.0 Å². The molecule has 1 aromatic heterocycles. The Balaban J connectivity index is 1.37. The molecule has 5 heteroatoms. The van der Waals surface area contributed by atoms with Crippen LogP contribution in [0.3, 0.4) is 0 Å². The van der Waals surface area contributed by atoms with Crippen LogP contribution >= 0.6 is 0 Å². The topological polar surface area (TPSA) is 52.2 Å². The Morgan fingerprint density at radius 3 is 2.65 bits per heavy atom. The molecule has 2 heterocycles. The fourth-order valence-electron chi connectivity index (χ4n) is 3.60. The third-order valence-corrected chi connectivity index (χ3v) is 4.92. The highest BCUT2D eigenvalue weighted by Gasteiger charge is 2.28. The molecule has 1 fully saturated rings. The quantitative estimate of drug-likeness (QED) is 0.941. The minimum atomic E-state index is 0.101. The van der Waals surface area contributed by atoms with E-state index in [1.54, 1.807) is 0 Å². The summed E-state index contributed by atoms with van der Waals surface area (Å²) in [5.41, 5.74) is 4.31. The predicted molar refractivity (Wildman–Crippen MR) is 88.2 cm³/mol. The third kappa shape index (κ3) is 2.88. The van der Waals surface area contributed by atoms with Gasteiger partial charge in [-0.1, -0.05) is 30.3 Å². The number of rotatable bonds is 3. The molecule has 2 aliphatic rings. The number of carbonyl (C=O) groups excluding carboxylic acids is 1. The van der Waals surface area contributed by atoms with Crippen molar-refractivity contribution in [1.82, 2.24) is 20.0 Å². The van der Waals surface area contributed by atoms with Crippen LogP contribution in [-0.2, 0) is 19.4 Å².